The molecule has 0 fully saturated rings. The number of hydrogen-bond donors (Lipinski definition) is 0. The van der Waals surface area contributed by atoms with Gasteiger partial charge in [-0.05, 0) is 70.8 Å². The quantitative estimate of drug-likeness (QED) is 0.148. The number of rotatable bonds is 6. The third-order valence-corrected chi connectivity index (χ3v) is 8.02. The maximum absolute atomic E-state index is 10.0. The van der Waals surface area contributed by atoms with Gasteiger partial charge in [-0.3, -0.25) is 0 Å². The highest BCUT2D eigenvalue weighted by Gasteiger charge is 2.13. The summed E-state index contributed by atoms with van der Waals surface area (Å²) in [5, 5.41) is 14.4. The molecule has 6 heteroatoms. The van der Waals surface area contributed by atoms with Gasteiger partial charge >= 0.3 is 0 Å². The molecule has 44 heavy (non-hydrogen) atoms. The lowest BCUT2D eigenvalue weighted by atomic mass is 10.00. The molecule has 0 spiro atoms. The van der Waals surface area contributed by atoms with Gasteiger partial charge in [-0.1, -0.05) is 72.8 Å². The first-order valence-electron chi connectivity index (χ1n) is 14.1. The number of aromatic nitrogens is 2. The van der Waals surface area contributed by atoms with Gasteiger partial charge in [-0.25, -0.2) is 4.85 Å². The van der Waals surface area contributed by atoms with Crippen molar-refractivity contribution < 1.29 is 9.68 Å². The average Bonchev–Trinajstić information content (AvgIpc) is 3.57. The van der Waals surface area contributed by atoms with Gasteiger partial charge in [0.2, 0.25) is 0 Å². The molecule has 210 valence electrons. The molecule has 0 aliphatic carbocycles. The third kappa shape index (κ3) is 4.34. The Morgan fingerprint density at radius 3 is 1.61 bits per heavy atom. The minimum absolute atomic E-state index is 0.482. The van der Waals surface area contributed by atoms with E-state index in [1.807, 2.05) is 94.4 Å². The van der Waals surface area contributed by atoms with E-state index in [0.717, 1.165) is 54.7 Å². The van der Waals surface area contributed by atoms with Crippen molar-refractivity contribution in [2.75, 3.05) is 14.2 Å². The Kier molecular flexibility index (Phi) is 6.58. The lowest BCUT2D eigenvalue weighted by Gasteiger charge is -2.05. The van der Waals surface area contributed by atoms with Crippen LogP contribution in [0.2, 0.25) is 0 Å². The molecule has 0 radical (unpaired) electrons. The molecule has 7 rings (SSSR count). The minimum Gasteiger partial charge on any atom is -0.417 e. The standard InChI is InChI=1S/C38H26N4O2/c1-40-34-23-27(16-12-25-14-18-37-32(20-25)30-8-4-6-10-35(30)41(37)43-2)29(24-39)22-28(34)17-13-26-15-19-38-33(21-26)31-9-5-7-11-36(31)42(38)44-3/h4-23H,2-3H3. The average molecular weight is 571 g/mol. The van der Waals surface area contributed by atoms with Crippen LogP contribution in [0.3, 0.4) is 0 Å². The molecular formula is C38H26N4O2. The van der Waals surface area contributed by atoms with E-state index in [4.69, 9.17) is 16.2 Å². The van der Waals surface area contributed by atoms with Gasteiger partial charge < -0.3 is 9.68 Å². The molecule has 0 unspecified atom stereocenters. The lowest BCUT2D eigenvalue weighted by molar-refractivity contribution is 0.190. The minimum atomic E-state index is 0.482. The molecule has 0 aliphatic heterocycles. The molecule has 0 amide bonds. The predicted molar refractivity (Wildman–Crippen MR) is 179 cm³/mol. The number of hydrogen-bond acceptors (Lipinski definition) is 3. The van der Waals surface area contributed by atoms with E-state index in [-0.39, 0.29) is 0 Å². The molecule has 5 aromatic carbocycles. The Morgan fingerprint density at radius 2 is 1.11 bits per heavy atom. The van der Waals surface area contributed by atoms with Crippen LogP contribution in [0.4, 0.5) is 5.69 Å². The Bertz CT molecular complexity index is 2220. The number of para-hydroxylation sites is 2. The summed E-state index contributed by atoms with van der Waals surface area (Å²) in [7, 11) is 3.33. The Balaban J connectivity index is 1.23. The van der Waals surface area contributed by atoms with Crippen molar-refractivity contribution in [3.05, 3.63) is 136 Å². The second-order valence-corrected chi connectivity index (χ2v) is 10.4. The van der Waals surface area contributed by atoms with Crippen molar-refractivity contribution in [3.8, 4) is 6.07 Å². The second kappa shape index (κ2) is 10.9. The van der Waals surface area contributed by atoms with Crippen LogP contribution in [0.5, 0.6) is 0 Å². The van der Waals surface area contributed by atoms with E-state index in [2.05, 4.69) is 35.2 Å². The van der Waals surface area contributed by atoms with Gasteiger partial charge in [0, 0.05) is 21.5 Å². The van der Waals surface area contributed by atoms with Gasteiger partial charge in [-0.15, -0.1) is 0 Å². The van der Waals surface area contributed by atoms with Crippen molar-refractivity contribution in [3.63, 3.8) is 0 Å². The Morgan fingerprint density at radius 1 is 0.614 bits per heavy atom. The zero-order valence-corrected chi connectivity index (χ0v) is 24.2. The van der Waals surface area contributed by atoms with Crippen LogP contribution in [0.1, 0.15) is 27.8 Å². The molecule has 7 aromatic rings. The lowest BCUT2D eigenvalue weighted by Crippen LogP contribution is -2.04. The number of benzene rings is 5. The summed E-state index contributed by atoms with van der Waals surface area (Å²) >= 11 is 0. The van der Waals surface area contributed by atoms with E-state index in [1.54, 1.807) is 26.4 Å². The Labute approximate surface area is 254 Å². The van der Waals surface area contributed by atoms with E-state index < -0.39 is 0 Å². The third-order valence-electron chi connectivity index (χ3n) is 8.02. The first kappa shape index (κ1) is 26.6. The van der Waals surface area contributed by atoms with Crippen molar-refractivity contribution in [1.82, 2.24) is 9.46 Å². The monoisotopic (exact) mass is 570 g/mol. The maximum atomic E-state index is 10.0. The number of fused-ring (bicyclic) bond motifs is 6. The molecule has 2 aromatic heterocycles. The maximum Gasteiger partial charge on any atom is 0.194 e. The summed E-state index contributed by atoms with van der Waals surface area (Å²) < 4.78 is 3.66. The molecular weight excluding hydrogens is 544 g/mol. The zero-order valence-electron chi connectivity index (χ0n) is 24.2. The molecule has 0 saturated carbocycles. The first-order valence-corrected chi connectivity index (χ1v) is 14.1. The smallest absolute Gasteiger partial charge is 0.194 e. The molecule has 0 atom stereocenters. The normalized spacial score (nSPS) is 11.6. The SMILES string of the molecule is [C-]#[N+]c1cc(C=Cc2ccc3c(c2)c2ccccc2n3OC)c(C#N)cc1C=Cc1ccc2c(c1)c1ccccc1n2OC. The summed E-state index contributed by atoms with van der Waals surface area (Å²) in [6, 6.07) is 34.5. The molecule has 6 nitrogen and oxygen atoms in total. The molecule has 0 N–H and O–H groups in total. The van der Waals surface area contributed by atoms with Crippen molar-refractivity contribution in [2.24, 2.45) is 0 Å². The molecule has 0 saturated heterocycles. The van der Waals surface area contributed by atoms with Crippen molar-refractivity contribution in [2.45, 2.75) is 0 Å². The van der Waals surface area contributed by atoms with Crippen LogP contribution in [0.15, 0.2) is 97.1 Å². The van der Waals surface area contributed by atoms with Gasteiger partial charge in [-0.2, -0.15) is 14.7 Å². The van der Waals surface area contributed by atoms with E-state index in [1.165, 1.54) is 0 Å². The Hall–Kier alpha value is -6.24. The summed E-state index contributed by atoms with van der Waals surface area (Å²) in [5.74, 6) is 0. The summed E-state index contributed by atoms with van der Waals surface area (Å²) in [5.41, 5.74) is 8.33. The summed E-state index contributed by atoms with van der Waals surface area (Å²) in [6.45, 7) is 7.85. The largest absolute Gasteiger partial charge is 0.417 e. The van der Waals surface area contributed by atoms with Gasteiger partial charge in [0.15, 0.2) is 5.69 Å². The van der Waals surface area contributed by atoms with Gasteiger partial charge in [0.25, 0.3) is 0 Å². The fourth-order valence-electron chi connectivity index (χ4n) is 5.97. The highest BCUT2D eigenvalue weighted by Crippen LogP contribution is 2.32. The summed E-state index contributed by atoms with van der Waals surface area (Å²) in [6.07, 6.45) is 7.75. The molecule has 0 bridgehead atoms. The van der Waals surface area contributed by atoms with E-state index >= 15 is 0 Å². The van der Waals surface area contributed by atoms with Crippen LogP contribution in [0.25, 0.3) is 72.8 Å². The van der Waals surface area contributed by atoms with Crippen molar-refractivity contribution in [1.29, 1.82) is 5.26 Å². The highest BCUT2D eigenvalue weighted by molar-refractivity contribution is 6.09. The van der Waals surface area contributed by atoms with E-state index in [0.29, 0.717) is 22.4 Å². The van der Waals surface area contributed by atoms with Crippen LogP contribution in [-0.4, -0.2) is 23.7 Å². The first-order chi connectivity index (χ1) is 21.6. The summed E-state index contributed by atoms with van der Waals surface area (Å²) in [4.78, 5) is 15.0. The fourth-order valence-corrected chi connectivity index (χ4v) is 5.97. The van der Waals surface area contributed by atoms with E-state index in [9.17, 15) is 5.26 Å². The molecule has 2 heterocycles. The van der Waals surface area contributed by atoms with Gasteiger partial charge in [0.1, 0.15) is 14.2 Å². The van der Waals surface area contributed by atoms with Crippen molar-refractivity contribution >= 4 is 73.6 Å². The predicted octanol–water partition coefficient (Wildman–Crippen LogP) is 8.78. The number of nitrogens with zero attached hydrogens (tertiary/aromatic N) is 4. The highest BCUT2D eigenvalue weighted by atomic mass is 16.6. The topological polar surface area (TPSA) is 56.5 Å². The van der Waals surface area contributed by atoms with Crippen LogP contribution in [0, 0.1) is 17.9 Å². The van der Waals surface area contributed by atoms with Crippen LogP contribution < -0.4 is 9.68 Å². The molecule has 0 aliphatic rings. The van der Waals surface area contributed by atoms with Crippen LogP contribution in [-0.2, 0) is 0 Å². The van der Waals surface area contributed by atoms with Gasteiger partial charge in [0.05, 0.1) is 40.3 Å². The number of nitriles is 1. The fraction of sp³-hybridized carbons (Fsp3) is 0.0526. The van der Waals surface area contributed by atoms with Crippen LogP contribution >= 0.6 is 0 Å². The second-order valence-electron chi connectivity index (χ2n) is 10.4. The zero-order chi connectivity index (χ0) is 30.2.